The molecule has 28 heavy (non-hydrogen) atoms. The fraction of sp³-hybridized carbons (Fsp3) is 0.158. The lowest BCUT2D eigenvalue weighted by molar-refractivity contribution is -0.153. The second-order valence-corrected chi connectivity index (χ2v) is 6.51. The highest BCUT2D eigenvalue weighted by Crippen LogP contribution is 2.24. The number of imide groups is 1. The molecule has 0 bridgehead atoms. The van der Waals surface area contributed by atoms with Crippen molar-refractivity contribution in [3.8, 4) is 0 Å². The van der Waals surface area contributed by atoms with Crippen molar-refractivity contribution >= 4 is 40.8 Å². The number of hydrogen-bond donors (Lipinski definition) is 2. The van der Waals surface area contributed by atoms with Gasteiger partial charge in [0.05, 0.1) is 0 Å². The number of rotatable bonds is 6. The Morgan fingerprint density at radius 2 is 1.82 bits per heavy atom. The number of urea groups is 1. The summed E-state index contributed by atoms with van der Waals surface area (Å²) in [6.45, 7) is 0. The number of nitrogens with zero attached hydrogens (tertiary/aromatic N) is 1. The molecular weight excluding hydrogens is 382 g/mol. The van der Waals surface area contributed by atoms with Gasteiger partial charge < -0.3 is 14.5 Å². The maximum atomic E-state index is 12.4. The van der Waals surface area contributed by atoms with Crippen LogP contribution in [0.1, 0.15) is 11.7 Å². The fourth-order valence-corrected chi connectivity index (χ4v) is 2.96. The molecule has 0 fully saturated rings. The lowest BCUT2D eigenvalue weighted by Gasteiger charge is -2.17. The molecule has 0 spiro atoms. The van der Waals surface area contributed by atoms with Crippen LogP contribution in [0.4, 0.5) is 4.79 Å². The molecule has 1 atom stereocenters. The van der Waals surface area contributed by atoms with E-state index in [4.69, 9.17) is 9.15 Å². The standard InChI is InChI=1S/C19H17N3O5S/c1-20-18(25)22-17(24)16(12-7-3-2-4-8-12)27-15(23)11-28-19-21-13-9-5-6-10-14(13)26-19/h2-10,16H,11H2,1H3,(H2,20,22,24,25)/t16-/m0/s1. The Kier molecular flexibility index (Phi) is 6.28. The van der Waals surface area contributed by atoms with Crippen molar-refractivity contribution in [3.63, 3.8) is 0 Å². The Labute approximate surface area is 164 Å². The summed E-state index contributed by atoms with van der Waals surface area (Å²) in [5.74, 6) is -1.50. The van der Waals surface area contributed by atoms with Gasteiger partial charge in [0.15, 0.2) is 5.58 Å². The van der Waals surface area contributed by atoms with Crippen LogP contribution in [0, 0.1) is 0 Å². The summed E-state index contributed by atoms with van der Waals surface area (Å²) in [6.07, 6.45) is -1.25. The zero-order valence-corrected chi connectivity index (χ0v) is 15.7. The van der Waals surface area contributed by atoms with Gasteiger partial charge in [0, 0.05) is 12.6 Å². The van der Waals surface area contributed by atoms with Gasteiger partial charge in [-0.3, -0.25) is 14.9 Å². The van der Waals surface area contributed by atoms with Gasteiger partial charge in [0.2, 0.25) is 6.10 Å². The predicted octanol–water partition coefficient (Wildman–Crippen LogP) is 2.66. The van der Waals surface area contributed by atoms with Gasteiger partial charge in [-0.1, -0.05) is 54.2 Å². The van der Waals surface area contributed by atoms with E-state index in [0.29, 0.717) is 21.9 Å². The van der Waals surface area contributed by atoms with Crippen molar-refractivity contribution in [2.45, 2.75) is 11.3 Å². The number of carbonyl (C=O) groups is 3. The Balaban J connectivity index is 1.66. The first-order chi connectivity index (χ1) is 13.6. The highest BCUT2D eigenvalue weighted by Gasteiger charge is 2.26. The molecule has 144 valence electrons. The zero-order valence-electron chi connectivity index (χ0n) is 14.9. The second-order valence-electron chi connectivity index (χ2n) is 5.59. The average Bonchev–Trinajstić information content (AvgIpc) is 3.14. The molecule has 3 aromatic rings. The van der Waals surface area contributed by atoms with Gasteiger partial charge >= 0.3 is 12.0 Å². The molecule has 3 amide bonds. The minimum absolute atomic E-state index is 0.108. The van der Waals surface area contributed by atoms with Crippen LogP contribution in [-0.2, 0) is 14.3 Å². The molecule has 0 saturated heterocycles. The van der Waals surface area contributed by atoms with Crippen LogP contribution in [0.2, 0.25) is 0 Å². The van der Waals surface area contributed by atoms with Gasteiger partial charge in [0.1, 0.15) is 11.3 Å². The van der Waals surface area contributed by atoms with E-state index in [9.17, 15) is 14.4 Å². The van der Waals surface area contributed by atoms with Gasteiger partial charge in [-0.15, -0.1) is 0 Å². The van der Waals surface area contributed by atoms with Crippen LogP contribution in [0.5, 0.6) is 0 Å². The third kappa shape index (κ3) is 4.89. The molecular formula is C19H17N3O5S. The molecule has 2 N–H and O–H groups in total. The van der Waals surface area contributed by atoms with Crippen molar-refractivity contribution in [1.82, 2.24) is 15.6 Å². The SMILES string of the molecule is CNC(=O)NC(=O)[C@@H](OC(=O)CSc1nc2ccccc2o1)c1ccccc1. The van der Waals surface area contributed by atoms with Crippen molar-refractivity contribution in [1.29, 1.82) is 0 Å². The first kappa shape index (κ1) is 19.4. The maximum absolute atomic E-state index is 12.4. The van der Waals surface area contributed by atoms with Crippen molar-refractivity contribution < 1.29 is 23.5 Å². The molecule has 8 nitrogen and oxygen atoms in total. The Hall–Kier alpha value is -3.33. The number of benzene rings is 2. The summed E-state index contributed by atoms with van der Waals surface area (Å²) >= 11 is 1.06. The number of ether oxygens (including phenoxy) is 1. The quantitative estimate of drug-likeness (QED) is 0.484. The molecule has 0 aliphatic carbocycles. The van der Waals surface area contributed by atoms with E-state index in [1.165, 1.54) is 7.05 Å². The monoisotopic (exact) mass is 399 g/mol. The number of nitrogens with one attached hydrogen (secondary N) is 2. The van der Waals surface area contributed by atoms with E-state index >= 15 is 0 Å². The lowest BCUT2D eigenvalue weighted by Crippen LogP contribution is -2.41. The summed E-state index contributed by atoms with van der Waals surface area (Å²) in [5, 5.41) is 4.72. The van der Waals surface area contributed by atoms with E-state index in [1.54, 1.807) is 42.5 Å². The molecule has 9 heteroatoms. The molecule has 0 radical (unpaired) electrons. The highest BCUT2D eigenvalue weighted by atomic mass is 32.2. The number of carbonyl (C=O) groups excluding carboxylic acids is 3. The number of hydrogen-bond acceptors (Lipinski definition) is 7. The van der Waals surface area contributed by atoms with E-state index in [0.717, 1.165) is 11.8 Å². The number of thioether (sulfide) groups is 1. The van der Waals surface area contributed by atoms with Gasteiger partial charge in [-0.05, 0) is 12.1 Å². The zero-order chi connectivity index (χ0) is 19.9. The van der Waals surface area contributed by atoms with Crippen LogP contribution in [0.3, 0.4) is 0 Å². The third-order valence-electron chi connectivity index (χ3n) is 3.64. The first-order valence-electron chi connectivity index (χ1n) is 8.32. The molecule has 3 rings (SSSR count). The van der Waals surface area contributed by atoms with E-state index in [-0.39, 0.29) is 5.75 Å². The number of amides is 3. The summed E-state index contributed by atoms with van der Waals surface area (Å²) in [5.41, 5.74) is 1.75. The first-order valence-corrected chi connectivity index (χ1v) is 9.30. The Morgan fingerprint density at radius 3 is 2.54 bits per heavy atom. The predicted molar refractivity (Wildman–Crippen MR) is 103 cm³/mol. The number of para-hydroxylation sites is 2. The summed E-state index contributed by atoms with van der Waals surface area (Å²) in [7, 11) is 1.38. The second kappa shape index (κ2) is 9.05. The van der Waals surface area contributed by atoms with Crippen LogP contribution in [0.15, 0.2) is 64.2 Å². The summed E-state index contributed by atoms with van der Waals surface area (Å²) in [6, 6.07) is 15.0. The number of fused-ring (bicyclic) bond motifs is 1. The highest BCUT2D eigenvalue weighted by molar-refractivity contribution is 7.99. The van der Waals surface area contributed by atoms with Crippen LogP contribution in [0.25, 0.3) is 11.1 Å². The number of aromatic nitrogens is 1. The van der Waals surface area contributed by atoms with Gasteiger partial charge in [0.25, 0.3) is 11.1 Å². The van der Waals surface area contributed by atoms with E-state index in [2.05, 4.69) is 15.6 Å². The number of oxazole rings is 1. The molecule has 0 aliphatic heterocycles. The lowest BCUT2D eigenvalue weighted by atomic mass is 10.1. The molecule has 2 aromatic carbocycles. The van der Waals surface area contributed by atoms with E-state index in [1.807, 2.05) is 12.1 Å². The van der Waals surface area contributed by atoms with Gasteiger partial charge in [-0.25, -0.2) is 9.78 Å². The molecule has 1 aromatic heterocycles. The Bertz CT molecular complexity index is 956. The summed E-state index contributed by atoms with van der Waals surface area (Å²) in [4.78, 5) is 40.3. The molecule has 0 saturated carbocycles. The van der Waals surface area contributed by atoms with E-state index < -0.39 is 24.0 Å². The van der Waals surface area contributed by atoms with Crippen molar-refractivity contribution in [2.24, 2.45) is 0 Å². The average molecular weight is 399 g/mol. The van der Waals surface area contributed by atoms with Crippen molar-refractivity contribution in [2.75, 3.05) is 12.8 Å². The fourth-order valence-electron chi connectivity index (χ4n) is 2.34. The normalized spacial score (nSPS) is 11.6. The van der Waals surface area contributed by atoms with Crippen molar-refractivity contribution in [3.05, 3.63) is 60.2 Å². The smallest absolute Gasteiger partial charge is 0.321 e. The number of esters is 1. The minimum Gasteiger partial charge on any atom is -0.447 e. The minimum atomic E-state index is -1.25. The summed E-state index contributed by atoms with van der Waals surface area (Å²) < 4.78 is 10.9. The van der Waals surface area contributed by atoms with Gasteiger partial charge in [-0.2, -0.15) is 0 Å². The molecule has 0 unspecified atom stereocenters. The maximum Gasteiger partial charge on any atom is 0.321 e. The molecule has 0 aliphatic rings. The van der Waals surface area contributed by atoms with Crippen LogP contribution in [-0.4, -0.2) is 35.7 Å². The van der Waals surface area contributed by atoms with Crippen LogP contribution >= 0.6 is 11.8 Å². The topological polar surface area (TPSA) is 111 Å². The largest absolute Gasteiger partial charge is 0.447 e. The Morgan fingerprint density at radius 1 is 1.11 bits per heavy atom. The third-order valence-corrected chi connectivity index (χ3v) is 4.44. The molecule has 1 heterocycles. The van der Waals surface area contributed by atoms with Crippen LogP contribution < -0.4 is 10.6 Å².